The van der Waals surface area contributed by atoms with Gasteiger partial charge < -0.3 is 0 Å². The number of hydrogen-bond donors (Lipinski definition) is 0. The summed E-state index contributed by atoms with van der Waals surface area (Å²) in [6, 6.07) is 19.0. The molecule has 20 heavy (non-hydrogen) atoms. The molecule has 0 fully saturated rings. The van der Waals surface area contributed by atoms with E-state index in [1.807, 2.05) is 10.5 Å². The van der Waals surface area contributed by atoms with E-state index in [0.717, 1.165) is 11.2 Å². The van der Waals surface area contributed by atoms with Crippen molar-refractivity contribution in [3.63, 3.8) is 0 Å². The number of aromatic nitrogens is 3. The van der Waals surface area contributed by atoms with E-state index < -0.39 is 0 Å². The lowest BCUT2D eigenvalue weighted by atomic mass is 10.00. The Hall–Kier alpha value is -2.68. The average Bonchev–Trinajstić information content (AvgIpc) is 2.95. The van der Waals surface area contributed by atoms with Crippen molar-refractivity contribution in [2.24, 2.45) is 0 Å². The molecule has 0 N–H and O–H groups in total. The minimum absolute atomic E-state index is 0.875. The fraction of sp³-hybridized carbons (Fsp3) is 0.0588. The third-order valence-electron chi connectivity index (χ3n) is 3.63. The highest BCUT2D eigenvalue weighted by Gasteiger charge is 2.09. The molecule has 0 saturated carbocycles. The summed E-state index contributed by atoms with van der Waals surface area (Å²) in [5.41, 5.74) is 5.66. The van der Waals surface area contributed by atoms with Crippen LogP contribution in [0.25, 0.3) is 27.7 Å². The molecular formula is C17H13N3. The highest BCUT2D eigenvalue weighted by molar-refractivity contribution is 5.97. The Bertz CT molecular complexity index is 907. The van der Waals surface area contributed by atoms with Crippen LogP contribution in [0.3, 0.4) is 0 Å². The first-order valence-electron chi connectivity index (χ1n) is 6.61. The van der Waals surface area contributed by atoms with Crippen molar-refractivity contribution in [3.05, 3.63) is 66.5 Å². The summed E-state index contributed by atoms with van der Waals surface area (Å²) in [6.07, 6.45) is 1.77. The number of fused-ring (bicyclic) bond motifs is 3. The van der Waals surface area contributed by atoms with Gasteiger partial charge in [0, 0.05) is 5.39 Å². The lowest BCUT2D eigenvalue weighted by molar-refractivity contribution is 1.11. The molecule has 0 aliphatic carbocycles. The monoisotopic (exact) mass is 259 g/mol. The molecule has 0 aliphatic heterocycles. The van der Waals surface area contributed by atoms with E-state index in [4.69, 9.17) is 0 Å². The zero-order chi connectivity index (χ0) is 13.5. The number of nitrogens with zero attached hydrogens (tertiary/aromatic N) is 3. The molecule has 2 heterocycles. The van der Waals surface area contributed by atoms with Gasteiger partial charge in [-0.05, 0) is 36.2 Å². The van der Waals surface area contributed by atoms with Crippen LogP contribution < -0.4 is 0 Å². The molecular weight excluding hydrogens is 246 g/mol. The van der Waals surface area contributed by atoms with E-state index in [2.05, 4.69) is 65.7 Å². The molecule has 0 amide bonds. The van der Waals surface area contributed by atoms with Gasteiger partial charge in [0.25, 0.3) is 0 Å². The predicted molar refractivity (Wildman–Crippen MR) is 80.7 cm³/mol. The van der Waals surface area contributed by atoms with E-state index >= 15 is 0 Å². The topological polar surface area (TPSA) is 30.2 Å². The molecule has 0 radical (unpaired) electrons. The standard InChI is InChI=1S/C17H13N3/c1-12-7-8-16-15(9-12)14(13-5-3-2-4-6-13)10-17-19-18-11-20(16)17/h2-11H,1H3. The zero-order valence-electron chi connectivity index (χ0n) is 11.1. The van der Waals surface area contributed by atoms with Crippen LogP contribution in [-0.2, 0) is 0 Å². The van der Waals surface area contributed by atoms with Gasteiger partial charge in [-0.25, -0.2) is 0 Å². The second-order valence-corrected chi connectivity index (χ2v) is 5.00. The van der Waals surface area contributed by atoms with E-state index in [1.165, 1.54) is 22.1 Å². The maximum atomic E-state index is 4.19. The summed E-state index contributed by atoms with van der Waals surface area (Å²) in [5.74, 6) is 0. The SMILES string of the molecule is Cc1ccc2c(c1)c(-c1ccccc1)cc1nncn12. The molecule has 0 saturated heterocycles. The molecule has 4 aromatic rings. The van der Waals surface area contributed by atoms with Crippen molar-refractivity contribution in [2.75, 3.05) is 0 Å². The Labute approximate surface area is 116 Å². The number of hydrogen-bond acceptors (Lipinski definition) is 2. The minimum Gasteiger partial charge on any atom is -0.281 e. The smallest absolute Gasteiger partial charge is 0.161 e. The van der Waals surface area contributed by atoms with Crippen LogP contribution in [0.2, 0.25) is 0 Å². The molecule has 3 nitrogen and oxygen atoms in total. The Balaban J connectivity index is 2.19. The first-order valence-corrected chi connectivity index (χ1v) is 6.61. The summed E-state index contributed by atoms with van der Waals surface area (Å²) in [5, 5.41) is 9.44. The Morgan fingerprint density at radius 3 is 2.65 bits per heavy atom. The molecule has 0 aliphatic rings. The highest BCUT2D eigenvalue weighted by atomic mass is 15.2. The van der Waals surface area contributed by atoms with E-state index in [9.17, 15) is 0 Å². The Kier molecular flexibility index (Phi) is 2.33. The number of pyridine rings is 1. The first kappa shape index (κ1) is 11.2. The lowest BCUT2D eigenvalue weighted by Gasteiger charge is -2.09. The van der Waals surface area contributed by atoms with Gasteiger partial charge in [-0.3, -0.25) is 4.40 Å². The number of aryl methyl sites for hydroxylation is 1. The molecule has 4 rings (SSSR count). The molecule has 0 spiro atoms. The van der Waals surface area contributed by atoms with E-state index in [0.29, 0.717) is 0 Å². The van der Waals surface area contributed by atoms with Crippen molar-refractivity contribution < 1.29 is 0 Å². The lowest BCUT2D eigenvalue weighted by Crippen LogP contribution is -1.91. The minimum atomic E-state index is 0.875. The summed E-state index contributed by atoms with van der Waals surface area (Å²) in [4.78, 5) is 0. The van der Waals surface area contributed by atoms with Gasteiger partial charge in [-0.2, -0.15) is 0 Å². The van der Waals surface area contributed by atoms with Crippen LogP contribution in [0.1, 0.15) is 5.56 Å². The van der Waals surface area contributed by atoms with Crippen LogP contribution in [-0.4, -0.2) is 14.6 Å². The summed E-state index contributed by atoms with van der Waals surface area (Å²) in [6.45, 7) is 2.12. The molecule has 2 aromatic heterocycles. The third kappa shape index (κ3) is 1.60. The highest BCUT2D eigenvalue weighted by Crippen LogP contribution is 2.30. The van der Waals surface area contributed by atoms with Gasteiger partial charge in [0.2, 0.25) is 0 Å². The van der Waals surface area contributed by atoms with E-state index in [1.54, 1.807) is 6.33 Å². The summed E-state index contributed by atoms with van der Waals surface area (Å²) < 4.78 is 2.03. The average molecular weight is 259 g/mol. The van der Waals surface area contributed by atoms with Crippen molar-refractivity contribution in [3.8, 4) is 11.1 Å². The van der Waals surface area contributed by atoms with Crippen LogP contribution in [0.15, 0.2) is 60.9 Å². The van der Waals surface area contributed by atoms with Crippen molar-refractivity contribution in [2.45, 2.75) is 6.92 Å². The maximum Gasteiger partial charge on any atom is 0.161 e. The van der Waals surface area contributed by atoms with Gasteiger partial charge in [0.05, 0.1) is 5.52 Å². The normalized spacial score (nSPS) is 11.2. The van der Waals surface area contributed by atoms with Crippen LogP contribution in [0.5, 0.6) is 0 Å². The molecule has 2 aromatic carbocycles. The Morgan fingerprint density at radius 1 is 0.950 bits per heavy atom. The molecule has 0 atom stereocenters. The van der Waals surface area contributed by atoms with Crippen LogP contribution in [0.4, 0.5) is 0 Å². The third-order valence-corrected chi connectivity index (χ3v) is 3.63. The number of rotatable bonds is 1. The fourth-order valence-electron chi connectivity index (χ4n) is 2.67. The van der Waals surface area contributed by atoms with Gasteiger partial charge in [-0.1, -0.05) is 42.0 Å². The number of benzene rings is 2. The summed E-state index contributed by atoms with van der Waals surface area (Å²) >= 11 is 0. The second kappa shape index (κ2) is 4.17. The zero-order valence-corrected chi connectivity index (χ0v) is 11.1. The second-order valence-electron chi connectivity index (χ2n) is 5.00. The molecule has 96 valence electrons. The van der Waals surface area contributed by atoms with Crippen molar-refractivity contribution >= 4 is 16.6 Å². The first-order chi connectivity index (χ1) is 9.83. The largest absolute Gasteiger partial charge is 0.281 e. The predicted octanol–water partition coefficient (Wildman–Crippen LogP) is 3.86. The van der Waals surface area contributed by atoms with Crippen LogP contribution >= 0.6 is 0 Å². The maximum absolute atomic E-state index is 4.19. The van der Waals surface area contributed by atoms with Crippen molar-refractivity contribution in [1.82, 2.24) is 14.6 Å². The molecule has 3 heteroatoms. The van der Waals surface area contributed by atoms with Gasteiger partial charge in [0.15, 0.2) is 5.65 Å². The van der Waals surface area contributed by atoms with E-state index in [-0.39, 0.29) is 0 Å². The van der Waals surface area contributed by atoms with Gasteiger partial charge in [-0.15, -0.1) is 10.2 Å². The molecule has 0 bridgehead atoms. The van der Waals surface area contributed by atoms with Crippen molar-refractivity contribution in [1.29, 1.82) is 0 Å². The fourth-order valence-corrected chi connectivity index (χ4v) is 2.67. The Morgan fingerprint density at radius 2 is 1.80 bits per heavy atom. The quantitative estimate of drug-likeness (QED) is 0.519. The van der Waals surface area contributed by atoms with Gasteiger partial charge >= 0.3 is 0 Å². The van der Waals surface area contributed by atoms with Crippen LogP contribution in [0, 0.1) is 6.92 Å². The molecule has 0 unspecified atom stereocenters. The summed E-state index contributed by atoms with van der Waals surface area (Å²) in [7, 11) is 0. The van der Waals surface area contributed by atoms with Gasteiger partial charge in [0.1, 0.15) is 6.33 Å².